The first kappa shape index (κ1) is 14.2. The van der Waals surface area contributed by atoms with Crippen LogP contribution in [0.5, 0.6) is 0 Å². The van der Waals surface area contributed by atoms with Crippen LogP contribution in [0.15, 0.2) is 23.1 Å². The molecule has 0 amide bonds. The van der Waals surface area contributed by atoms with Crippen molar-refractivity contribution in [3.8, 4) is 6.07 Å². The van der Waals surface area contributed by atoms with E-state index in [0.29, 0.717) is 0 Å². The Balaban J connectivity index is 2.44. The van der Waals surface area contributed by atoms with Crippen molar-refractivity contribution in [2.45, 2.75) is 10.9 Å². The molecule has 1 fully saturated rings. The number of benzene rings is 1. The highest BCUT2D eigenvalue weighted by molar-refractivity contribution is 7.89. The molecule has 0 N–H and O–H groups in total. The number of rotatable bonds is 2. The van der Waals surface area contributed by atoms with Crippen LogP contribution in [0, 0.1) is 17.1 Å². The lowest BCUT2D eigenvalue weighted by molar-refractivity contribution is 0.0511. The second-order valence-electron chi connectivity index (χ2n) is 3.91. The predicted octanol–water partition coefficient (Wildman–Crippen LogP) is 1.39. The van der Waals surface area contributed by atoms with E-state index in [9.17, 15) is 12.8 Å². The fourth-order valence-electron chi connectivity index (χ4n) is 1.79. The average molecular weight is 305 g/mol. The molecule has 0 aromatic heterocycles. The molecule has 0 radical (unpaired) electrons. The van der Waals surface area contributed by atoms with Crippen LogP contribution in [-0.2, 0) is 14.8 Å². The van der Waals surface area contributed by atoms with E-state index in [1.807, 2.05) is 6.07 Å². The molecular formula is C11H10ClFN2O3S. The molecule has 1 saturated heterocycles. The van der Waals surface area contributed by atoms with Crippen molar-refractivity contribution in [2.75, 3.05) is 19.8 Å². The Bertz CT molecular complexity index is 629. The number of hydrogen-bond acceptors (Lipinski definition) is 4. The van der Waals surface area contributed by atoms with E-state index in [-0.39, 0.29) is 29.7 Å². The van der Waals surface area contributed by atoms with Crippen LogP contribution in [0.1, 0.15) is 0 Å². The molecule has 1 atom stereocenters. The Morgan fingerprint density at radius 2 is 2.26 bits per heavy atom. The van der Waals surface area contributed by atoms with Crippen LogP contribution < -0.4 is 0 Å². The third kappa shape index (κ3) is 2.72. The molecule has 0 spiro atoms. The molecular weight excluding hydrogens is 295 g/mol. The summed E-state index contributed by atoms with van der Waals surface area (Å²) in [6, 6.07) is 4.00. The van der Waals surface area contributed by atoms with Crippen LogP contribution in [0.4, 0.5) is 4.39 Å². The van der Waals surface area contributed by atoms with Crippen molar-refractivity contribution in [3.05, 3.63) is 29.0 Å². The van der Waals surface area contributed by atoms with Crippen LogP contribution >= 0.6 is 11.6 Å². The minimum Gasteiger partial charge on any atom is -0.377 e. The zero-order valence-corrected chi connectivity index (χ0v) is 11.3. The van der Waals surface area contributed by atoms with E-state index in [1.54, 1.807) is 0 Å². The van der Waals surface area contributed by atoms with Crippen molar-refractivity contribution in [1.29, 1.82) is 5.26 Å². The Hall–Kier alpha value is -1.20. The van der Waals surface area contributed by atoms with E-state index in [1.165, 1.54) is 0 Å². The van der Waals surface area contributed by atoms with Gasteiger partial charge >= 0.3 is 0 Å². The maximum Gasteiger partial charge on any atom is 0.245 e. The molecule has 1 heterocycles. The fourth-order valence-corrected chi connectivity index (χ4v) is 3.80. The quantitative estimate of drug-likeness (QED) is 0.828. The first-order valence-corrected chi connectivity index (χ1v) is 7.23. The van der Waals surface area contributed by atoms with E-state index in [4.69, 9.17) is 21.6 Å². The maximum atomic E-state index is 13.0. The van der Waals surface area contributed by atoms with E-state index >= 15 is 0 Å². The van der Waals surface area contributed by atoms with Gasteiger partial charge in [-0.05, 0) is 18.2 Å². The summed E-state index contributed by atoms with van der Waals surface area (Å²) < 4.78 is 43.8. The van der Waals surface area contributed by atoms with Gasteiger partial charge in [0.2, 0.25) is 10.0 Å². The van der Waals surface area contributed by atoms with Crippen LogP contribution in [0.2, 0.25) is 5.02 Å². The molecule has 1 aromatic carbocycles. The second-order valence-corrected chi connectivity index (χ2v) is 6.18. The molecule has 19 heavy (non-hydrogen) atoms. The molecule has 0 unspecified atom stereocenters. The highest BCUT2D eigenvalue weighted by Gasteiger charge is 2.35. The summed E-state index contributed by atoms with van der Waals surface area (Å²) in [6.45, 7) is 0.277. The number of hydrogen-bond donors (Lipinski definition) is 0. The van der Waals surface area contributed by atoms with Crippen molar-refractivity contribution in [3.63, 3.8) is 0 Å². The monoisotopic (exact) mass is 304 g/mol. The zero-order valence-electron chi connectivity index (χ0n) is 9.71. The van der Waals surface area contributed by atoms with Gasteiger partial charge < -0.3 is 4.74 Å². The molecule has 1 aromatic rings. The molecule has 0 saturated carbocycles. The third-order valence-electron chi connectivity index (χ3n) is 2.71. The highest BCUT2D eigenvalue weighted by atomic mass is 35.5. The molecule has 102 valence electrons. The highest BCUT2D eigenvalue weighted by Crippen LogP contribution is 2.27. The van der Waals surface area contributed by atoms with Gasteiger partial charge in [0.15, 0.2) is 0 Å². The number of morpholine rings is 1. The molecule has 1 aliphatic rings. The standard InChI is InChI=1S/C11H10ClFN2O3S/c12-10-5-8(13)1-2-11(10)19(16,17)15-3-4-18-7-9(15)6-14/h1-2,5,9H,3-4,7H2/t9-/m1/s1. The van der Waals surface area contributed by atoms with Gasteiger partial charge in [-0.2, -0.15) is 9.57 Å². The number of nitriles is 1. The normalized spacial score (nSPS) is 21.0. The lowest BCUT2D eigenvalue weighted by atomic mass is 10.3. The molecule has 5 nitrogen and oxygen atoms in total. The first-order chi connectivity index (χ1) is 8.96. The van der Waals surface area contributed by atoms with Gasteiger partial charge in [0, 0.05) is 6.54 Å². The summed E-state index contributed by atoms with van der Waals surface area (Å²) in [5, 5.41) is 8.75. The summed E-state index contributed by atoms with van der Waals surface area (Å²) in [5.41, 5.74) is 0. The molecule has 0 aliphatic carbocycles. The molecule has 8 heteroatoms. The van der Waals surface area contributed by atoms with Gasteiger partial charge in [0.1, 0.15) is 16.8 Å². The summed E-state index contributed by atoms with van der Waals surface area (Å²) in [6.07, 6.45) is 0. The van der Waals surface area contributed by atoms with E-state index in [2.05, 4.69) is 0 Å². The van der Waals surface area contributed by atoms with E-state index in [0.717, 1.165) is 22.5 Å². The van der Waals surface area contributed by atoms with Gasteiger partial charge in [0.25, 0.3) is 0 Å². The second kappa shape index (κ2) is 5.43. The summed E-state index contributed by atoms with van der Waals surface area (Å²) >= 11 is 5.76. The van der Waals surface area contributed by atoms with Gasteiger partial charge in [-0.25, -0.2) is 12.8 Å². The van der Waals surface area contributed by atoms with Crippen molar-refractivity contribution in [2.24, 2.45) is 0 Å². The Morgan fingerprint density at radius 3 is 2.89 bits per heavy atom. The van der Waals surface area contributed by atoms with Crippen molar-refractivity contribution >= 4 is 21.6 Å². The number of halogens is 2. The van der Waals surface area contributed by atoms with Gasteiger partial charge in [0.05, 0.1) is 24.3 Å². The lowest BCUT2D eigenvalue weighted by Crippen LogP contribution is -2.47. The number of ether oxygens (including phenoxy) is 1. The van der Waals surface area contributed by atoms with E-state index < -0.39 is 21.9 Å². The van der Waals surface area contributed by atoms with Crippen molar-refractivity contribution in [1.82, 2.24) is 4.31 Å². The lowest BCUT2D eigenvalue weighted by Gasteiger charge is -2.30. The SMILES string of the molecule is N#C[C@@H]1COCCN1S(=O)(=O)c1ccc(F)cc1Cl. The van der Waals surface area contributed by atoms with Crippen LogP contribution in [-0.4, -0.2) is 38.5 Å². The summed E-state index contributed by atoms with van der Waals surface area (Å²) in [4.78, 5) is -0.210. The minimum absolute atomic E-state index is 0.00848. The first-order valence-electron chi connectivity index (χ1n) is 5.41. The minimum atomic E-state index is -3.94. The largest absolute Gasteiger partial charge is 0.377 e. The van der Waals surface area contributed by atoms with Crippen molar-refractivity contribution < 1.29 is 17.5 Å². The van der Waals surface area contributed by atoms with Gasteiger partial charge in [-0.3, -0.25) is 0 Å². The average Bonchev–Trinajstić information content (AvgIpc) is 2.38. The smallest absolute Gasteiger partial charge is 0.245 e. The number of sulfonamides is 1. The molecule has 0 bridgehead atoms. The summed E-state index contributed by atoms with van der Waals surface area (Å²) in [7, 11) is -3.94. The van der Waals surface area contributed by atoms with Gasteiger partial charge in [-0.1, -0.05) is 11.6 Å². The molecule has 2 rings (SSSR count). The topological polar surface area (TPSA) is 70.4 Å². The zero-order chi connectivity index (χ0) is 14.0. The van der Waals surface area contributed by atoms with Crippen LogP contribution in [0.3, 0.4) is 0 Å². The Labute approximate surface area is 115 Å². The predicted molar refractivity (Wildman–Crippen MR) is 65.5 cm³/mol. The Morgan fingerprint density at radius 1 is 1.53 bits per heavy atom. The Kier molecular flexibility index (Phi) is 4.06. The maximum absolute atomic E-state index is 13.0. The fraction of sp³-hybridized carbons (Fsp3) is 0.364. The van der Waals surface area contributed by atoms with Gasteiger partial charge in [-0.15, -0.1) is 0 Å². The number of nitrogens with zero attached hydrogens (tertiary/aromatic N) is 2. The van der Waals surface area contributed by atoms with Crippen LogP contribution in [0.25, 0.3) is 0 Å². The molecule has 1 aliphatic heterocycles. The summed E-state index contributed by atoms with van der Waals surface area (Å²) in [5.74, 6) is -0.622. The third-order valence-corrected chi connectivity index (χ3v) is 5.10.